The first-order chi connectivity index (χ1) is 18.0. The Morgan fingerprint density at radius 1 is 1.03 bits per heavy atom. The van der Waals surface area contributed by atoms with E-state index in [9.17, 15) is 28.6 Å². The molecule has 2 aromatic carbocycles. The molecule has 8 nitrogen and oxygen atoms in total. The standard InChI is InChI=1S/C27H30F3N3O5/c1-16(2)25-24(27(38)33(30)15-18-5-3-4-6-22(18)29)31-26(17-7-9-19(28)10-8-17)32(25)12-11-20(34)13-21(35)14-23(36)37/h3-10,16,20-21,34-35H,11-15H2,1-2H3,(H,36,37)/t20-,21-/m1/s1. The second-order valence-corrected chi connectivity index (χ2v) is 9.33. The van der Waals surface area contributed by atoms with Gasteiger partial charge >= 0.3 is 11.9 Å². The normalized spacial score (nSPS) is 12.9. The van der Waals surface area contributed by atoms with Crippen LogP contribution in [0.25, 0.3) is 11.4 Å². The van der Waals surface area contributed by atoms with Crippen LogP contribution in [0.2, 0.25) is 0 Å². The number of imidazole rings is 1. The third-order valence-electron chi connectivity index (χ3n) is 5.99. The van der Waals surface area contributed by atoms with Gasteiger partial charge in [-0.1, -0.05) is 36.5 Å². The average molecular weight is 534 g/mol. The minimum Gasteiger partial charge on any atom is -0.481 e. The first kappa shape index (κ1) is 28.9. The Hall–Kier alpha value is -3.70. The molecule has 3 N–H and O–H groups in total. The van der Waals surface area contributed by atoms with Crippen LogP contribution in [0.3, 0.4) is 0 Å². The van der Waals surface area contributed by atoms with E-state index in [1.54, 1.807) is 18.4 Å². The summed E-state index contributed by atoms with van der Waals surface area (Å²) in [6, 6.07) is 10.8. The van der Waals surface area contributed by atoms with Crippen LogP contribution < -0.4 is 0 Å². The predicted molar refractivity (Wildman–Crippen MR) is 133 cm³/mol. The molecule has 0 fully saturated rings. The van der Waals surface area contributed by atoms with Crippen molar-refractivity contribution in [3.05, 3.63) is 77.1 Å². The van der Waals surface area contributed by atoms with Gasteiger partial charge in [-0.05, 0) is 49.1 Å². The van der Waals surface area contributed by atoms with Crippen molar-refractivity contribution in [2.75, 3.05) is 0 Å². The highest BCUT2D eigenvalue weighted by Crippen LogP contribution is 2.30. The lowest BCUT2D eigenvalue weighted by molar-refractivity contribution is -0.139. The molecule has 2 atom stereocenters. The molecule has 204 valence electrons. The van der Waals surface area contributed by atoms with Crippen molar-refractivity contribution >= 4 is 11.9 Å². The molecule has 3 aromatic rings. The van der Waals surface area contributed by atoms with Crippen LogP contribution in [0.1, 0.15) is 60.8 Å². The van der Waals surface area contributed by atoms with Crippen LogP contribution in [-0.4, -0.2) is 54.1 Å². The van der Waals surface area contributed by atoms with E-state index < -0.39 is 48.7 Å². The summed E-state index contributed by atoms with van der Waals surface area (Å²) in [5, 5.41) is 29.0. The number of carbonyl (C=O) groups excluding carboxylic acids is 1. The SMILES string of the molecule is CC(C)c1c(C(=O)N(F)Cc2ccccc2F)nc(-c2ccc(F)cc2)n1CC[C@@H](O)C[C@@H](O)CC(=O)O. The number of aliphatic hydroxyl groups excluding tert-OH is 2. The molecule has 0 spiro atoms. The largest absolute Gasteiger partial charge is 0.481 e. The molecule has 0 bridgehead atoms. The van der Waals surface area contributed by atoms with Gasteiger partial charge in [0.25, 0.3) is 0 Å². The summed E-state index contributed by atoms with van der Waals surface area (Å²) in [5.41, 5.74) is 0.560. The number of halogens is 3. The number of amides is 1. The molecule has 1 aromatic heterocycles. The number of nitrogens with zero attached hydrogens (tertiary/aromatic N) is 3. The second-order valence-electron chi connectivity index (χ2n) is 9.33. The van der Waals surface area contributed by atoms with Crippen LogP contribution >= 0.6 is 0 Å². The van der Waals surface area contributed by atoms with E-state index in [1.807, 2.05) is 0 Å². The monoisotopic (exact) mass is 533 g/mol. The maximum atomic E-state index is 15.1. The second kappa shape index (κ2) is 12.7. The van der Waals surface area contributed by atoms with Gasteiger partial charge in [-0.2, -0.15) is 5.12 Å². The number of aliphatic hydroxyl groups is 2. The zero-order valence-corrected chi connectivity index (χ0v) is 21.0. The third kappa shape index (κ3) is 7.20. The minimum atomic E-state index is -1.25. The van der Waals surface area contributed by atoms with Crippen molar-refractivity contribution in [1.82, 2.24) is 14.7 Å². The van der Waals surface area contributed by atoms with Crippen LogP contribution in [0.4, 0.5) is 13.3 Å². The summed E-state index contributed by atoms with van der Waals surface area (Å²) in [5.74, 6) is -3.55. The van der Waals surface area contributed by atoms with Gasteiger partial charge in [-0.3, -0.25) is 9.59 Å². The Morgan fingerprint density at radius 3 is 2.29 bits per heavy atom. The smallest absolute Gasteiger partial charge is 0.305 e. The molecule has 0 saturated heterocycles. The van der Waals surface area contributed by atoms with Gasteiger partial charge in [0.15, 0.2) is 5.69 Å². The number of hydrogen-bond donors (Lipinski definition) is 3. The molecule has 3 rings (SSSR count). The van der Waals surface area contributed by atoms with Crippen LogP contribution in [0.5, 0.6) is 0 Å². The van der Waals surface area contributed by atoms with Crippen molar-refractivity contribution < 1.29 is 38.2 Å². The quantitative estimate of drug-likeness (QED) is 0.296. The van der Waals surface area contributed by atoms with Gasteiger partial charge in [-0.15, -0.1) is 0 Å². The summed E-state index contributed by atoms with van der Waals surface area (Å²) in [7, 11) is 0. The number of aliphatic carboxylic acids is 1. The van der Waals surface area contributed by atoms with E-state index in [1.165, 1.54) is 42.5 Å². The molecule has 0 unspecified atom stereocenters. The number of benzene rings is 2. The number of aromatic nitrogens is 2. The van der Waals surface area contributed by atoms with E-state index in [4.69, 9.17) is 5.11 Å². The highest BCUT2D eigenvalue weighted by molar-refractivity contribution is 5.93. The van der Waals surface area contributed by atoms with E-state index in [0.29, 0.717) is 11.3 Å². The Bertz CT molecular complexity index is 1260. The first-order valence-electron chi connectivity index (χ1n) is 12.1. The lowest BCUT2D eigenvalue weighted by atomic mass is 10.0. The van der Waals surface area contributed by atoms with Gasteiger partial charge in [0.05, 0.1) is 30.9 Å². The van der Waals surface area contributed by atoms with Crippen LogP contribution in [0, 0.1) is 11.6 Å². The molecule has 0 aliphatic carbocycles. The molecule has 1 heterocycles. The topological polar surface area (TPSA) is 116 Å². The third-order valence-corrected chi connectivity index (χ3v) is 5.99. The zero-order valence-electron chi connectivity index (χ0n) is 21.0. The summed E-state index contributed by atoms with van der Waals surface area (Å²) < 4.78 is 44.3. The van der Waals surface area contributed by atoms with Gasteiger partial charge in [0.2, 0.25) is 0 Å². The lowest BCUT2D eigenvalue weighted by Crippen LogP contribution is -2.25. The van der Waals surface area contributed by atoms with Crippen LogP contribution in [-0.2, 0) is 17.9 Å². The fraction of sp³-hybridized carbons (Fsp3) is 0.370. The van der Waals surface area contributed by atoms with Crippen molar-refractivity contribution in [3.8, 4) is 11.4 Å². The summed E-state index contributed by atoms with van der Waals surface area (Å²) >= 11 is 0. The predicted octanol–water partition coefficient (Wildman–Crippen LogP) is 4.46. The van der Waals surface area contributed by atoms with Crippen molar-refractivity contribution in [1.29, 1.82) is 0 Å². The summed E-state index contributed by atoms with van der Waals surface area (Å²) in [6.45, 7) is 2.99. The Labute approximate surface area is 217 Å². The van der Waals surface area contributed by atoms with Crippen molar-refractivity contribution in [3.63, 3.8) is 0 Å². The molecule has 0 aliphatic heterocycles. The van der Waals surface area contributed by atoms with E-state index in [0.717, 1.165) is 6.07 Å². The van der Waals surface area contributed by atoms with E-state index in [-0.39, 0.29) is 47.5 Å². The van der Waals surface area contributed by atoms with Gasteiger partial charge in [0, 0.05) is 17.7 Å². The molecular formula is C27H30F3N3O5. The van der Waals surface area contributed by atoms with Gasteiger partial charge in [-0.25, -0.2) is 13.8 Å². The Kier molecular flexibility index (Phi) is 9.65. The number of carbonyl (C=O) groups is 2. The molecular weight excluding hydrogens is 503 g/mol. The minimum absolute atomic E-state index is 0.0179. The van der Waals surface area contributed by atoms with Gasteiger partial charge < -0.3 is 19.9 Å². The van der Waals surface area contributed by atoms with Crippen LogP contribution in [0.15, 0.2) is 48.5 Å². The Balaban J connectivity index is 1.96. The number of hydrogen-bond acceptors (Lipinski definition) is 5. The summed E-state index contributed by atoms with van der Waals surface area (Å²) in [6.07, 6.45) is -2.97. The molecule has 1 amide bonds. The molecule has 0 saturated carbocycles. The molecule has 38 heavy (non-hydrogen) atoms. The number of carboxylic acids is 1. The molecule has 0 aliphatic rings. The number of carboxylic acid groups (broad SMARTS) is 1. The summed E-state index contributed by atoms with van der Waals surface area (Å²) in [4.78, 5) is 28.4. The lowest BCUT2D eigenvalue weighted by Gasteiger charge is -2.19. The van der Waals surface area contributed by atoms with Gasteiger partial charge in [0.1, 0.15) is 17.5 Å². The maximum absolute atomic E-state index is 15.1. The molecule has 0 radical (unpaired) electrons. The number of rotatable bonds is 12. The fourth-order valence-corrected chi connectivity index (χ4v) is 4.21. The Morgan fingerprint density at radius 2 is 1.68 bits per heavy atom. The van der Waals surface area contributed by atoms with E-state index >= 15 is 4.48 Å². The first-order valence-corrected chi connectivity index (χ1v) is 12.1. The van der Waals surface area contributed by atoms with Crippen molar-refractivity contribution in [2.24, 2.45) is 0 Å². The zero-order chi connectivity index (χ0) is 28.0. The average Bonchev–Trinajstić information content (AvgIpc) is 3.23. The maximum Gasteiger partial charge on any atom is 0.305 e. The fourth-order valence-electron chi connectivity index (χ4n) is 4.21. The van der Waals surface area contributed by atoms with Crippen molar-refractivity contribution in [2.45, 2.75) is 64.3 Å². The molecule has 11 heteroatoms. The highest BCUT2D eigenvalue weighted by atomic mass is 19.2. The van der Waals surface area contributed by atoms with E-state index in [2.05, 4.69) is 4.98 Å². The highest BCUT2D eigenvalue weighted by Gasteiger charge is 2.29.